The lowest BCUT2D eigenvalue weighted by atomic mass is 10.2. The van der Waals surface area contributed by atoms with Gasteiger partial charge < -0.3 is 15.2 Å². The average Bonchev–Trinajstić information content (AvgIpc) is 2.15. The predicted octanol–water partition coefficient (Wildman–Crippen LogP) is 2.02. The summed E-state index contributed by atoms with van der Waals surface area (Å²) in [6.07, 6.45) is 0. The molecule has 1 aromatic rings. The summed E-state index contributed by atoms with van der Waals surface area (Å²) in [5.74, 6) is -0.484. The van der Waals surface area contributed by atoms with Crippen LogP contribution in [0.2, 0.25) is 0 Å². The minimum absolute atomic E-state index is 0.00222. The third-order valence-electron chi connectivity index (χ3n) is 1.80. The van der Waals surface area contributed by atoms with E-state index in [4.69, 9.17) is 4.74 Å². The van der Waals surface area contributed by atoms with Gasteiger partial charge in [-0.1, -0.05) is 0 Å². The number of phenols is 1. The molecule has 1 aromatic carbocycles. The zero-order valence-corrected chi connectivity index (χ0v) is 9.48. The molecule has 0 atom stereocenters. The van der Waals surface area contributed by atoms with Crippen molar-refractivity contribution in [2.45, 2.75) is 6.54 Å². The Bertz CT molecular complexity index is 344. The molecule has 0 bridgehead atoms. The van der Waals surface area contributed by atoms with Gasteiger partial charge in [0.1, 0.15) is 10.2 Å². The molecule has 0 amide bonds. The highest BCUT2D eigenvalue weighted by Crippen LogP contribution is 2.38. The third kappa shape index (κ3) is 1.99. The molecule has 3 nitrogen and oxygen atoms in total. The number of rotatable bonds is 3. The molecule has 2 N–H and O–H groups in total. The van der Waals surface area contributed by atoms with Gasteiger partial charge in [0.15, 0.2) is 11.6 Å². The van der Waals surface area contributed by atoms with E-state index in [1.165, 1.54) is 13.2 Å². The van der Waals surface area contributed by atoms with Gasteiger partial charge in [-0.25, -0.2) is 4.39 Å². The topological polar surface area (TPSA) is 41.5 Å². The number of halogens is 2. The number of phenolic OH excluding ortho intramolecular Hbond substituents is 1. The van der Waals surface area contributed by atoms with E-state index in [-0.39, 0.29) is 16.0 Å². The molecule has 0 fully saturated rings. The molecule has 0 unspecified atom stereocenters. The van der Waals surface area contributed by atoms with Crippen molar-refractivity contribution in [2.75, 3.05) is 14.2 Å². The zero-order chi connectivity index (χ0) is 10.7. The van der Waals surface area contributed by atoms with E-state index in [0.29, 0.717) is 12.1 Å². The van der Waals surface area contributed by atoms with Gasteiger partial charge in [0.2, 0.25) is 0 Å². The maximum absolute atomic E-state index is 13.3. The minimum Gasteiger partial charge on any atom is -0.506 e. The highest BCUT2D eigenvalue weighted by molar-refractivity contribution is 9.10. The number of hydrogen-bond donors (Lipinski definition) is 2. The second-order valence-corrected chi connectivity index (χ2v) is 3.54. The summed E-state index contributed by atoms with van der Waals surface area (Å²) in [6, 6.07) is 1.25. The van der Waals surface area contributed by atoms with Gasteiger partial charge in [0.05, 0.1) is 7.11 Å². The third-order valence-corrected chi connectivity index (χ3v) is 2.54. The standard InChI is InChI=1S/C9H11BrFNO2/c1-12-4-5-3-6(11)9(14-2)7(10)8(5)13/h3,12-13H,4H2,1-2H3. The van der Waals surface area contributed by atoms with Crippen LogP contribution in [-0.2, 0) is 6.54 Å². The first kappa shape index (κ1) is 11.3. The van der Waals surface area contributed by atoms with Crippen LogP contribution in [0.3, 0.4) is 0 Å². The van der Waals surface area contributed by atoms with Crippen LogP contribution in [0.25, 0.3) is 0 Å². The Kier molecular flexibility index (Phi) is 3.71. The van der Waals surface area contributed by atoms with E-state index in [1.807, 2.05) is 0 Å². The first-order valence-electron chi connectivity index (χ1n) is 4.00. The molecule has 0 aliphatic rings. The van der Waals surface area contributed by atoms with Crippen LogP contribution in [0.5, 0.6) is 11.5 Å². The van der Waals surface area contributed by atoms with Crippen LogP contribution in [0.1, 0.15) is 5.56 Å². The highest BCUT2D eigenvalue weighted by atomic mass is 79.9. The van der Waals surface area contributed by atoms with Crippen molar-refractivity contribution < 1.29 is 14.2 Å². The van der Waals surface area contributed by atoms with Crippen LogP contribution in [0.15, 0.2) is 10.5 Å². The normalized spacial score (nSPS) is 10.3. The SMILES string of the molecule is CNCc1cc(F)c(OC)c(Br)c1O. The number of hydrogen-bond acceptors (Lipinski definition) is 3. The quantitative estimate of drug-likeness (QED) is 0.877. The van der Waals surface area contributed by atoms with Crippen molar-refractivity contribution in [3.05, 3.63) is 21.9 Å². The summed E-state index contributed by atoms with van der Waals surface area (Å²) < 4.78 is 18.3. The fourth-order valence-electron chi connectivity index (χ4n) is 1.15. The molecule has 0 spiro atoms. The van der Waals surface area contributed by atoms with Gasteiger partial charge in [0, 0.05) is 12.1 Å². The largest absolute Gasteiger partial charge is 0.506 e. The van der Waals surface area contributed by atoms with Crippen molar-refractivity contribution in [1.29, 1.82) is 0 Å². The van der Waals surface area contributed by atoms with E-state index in [9.17, 15) is 9.50 Å². The van der Waals surface area contributed by atoms with Crippen molar-refractivity contribution in [3.63, 3.8) is 0 Å². The van der Waals surface area contributed by atoms with Crippen LogP contribution in [-0.4, -0.2) is 19.3 Å². The number of nitrogens with one attached hydrogen (secondary N) is 1. The molecule has 1 rings (SSSR count). The Hall–Kier alpha value is -0.810. The second-order valence-electron chi connectivity index (χ2n) is 2.74. The number of methoxy groups -OCH3 is 1. The van der Waals surface area contributed by atoms with Crippen molar-refractivity contribution in [3.8, 4) is 11.5 Å². The molecule has 78 valence electrons. The lowest BCUT2D eigenvalue weighted by molar-refractivity contribution is 0.374. The Balaban J connectivity index is 3.25. The van der Waals surface area contributed by atoms with Crippen molar-refractivity contribution in [2.24, 2.45) is 0 Å². The van der Waals surface area contributed by atoms with Crippen LogP contribution in [0.4, 0.5) is 4.39 Å². The fraction of sp³-hybridized carbons (Fsp3) is 0.333. The summed E-state index contributed by atoms with van der Waals surface area (Å²) in [5.41, 5.74) is 0.484. The van der Waals surface area contributed by atoms with Gasteiger partial charge in [-0.3, -0.25) is 0 Å². The minimum atomic E-state index is -0.498. The van der Waals surface area contributed by atoms with Crippen molar-refractivity contribution in [1.82, 2.24) is 5.32 Å². The number of aromatic hydroxyl groups is 1. The van der Waals surface area contributed by atoms with E-state index in [0.717, 1.165) is 0 Å². The Morgan fingerprint density at radius 1 is 1.64 bits per heavy atom. The van der Waals surface area contributed by atoms with Crippen LogP contribution in [0, 0.1) is 5.82 Å². The summed E-state index contributed by atoms with van der Waals surface area (Å²) in [7, 11) is 3.07. The maximum atomic E-state index is 13.3. The van der Waals surface area contributed by atoms with E-state index in [1.54, 1.807) is 7.05 Å². The first-order chi connectivity index (χ1) is 6.61. The van der Waals surface area contributed by atoms with E-state index in [2.05, 4.69) is 21.2 Å². The molecule has 5 heteroatoms. The number of benzene rings is 1. The van der Waals surface area contributed by atoms with E-state index >= 15 is 0 Å². The maximum Gasteiger partial charge on any atom is 0.172 e. The van der Waals surface area contributed by atoms with Crippen molar-refractivity contribution >= 4 is 15.9 Å². The van der Waals surface area contributed by atoms with Gasteiger partial charge in [-0.2, -0.15) is 0 Å². The van der Waals surface area contributed by atoms with Gasteiger partial charge in [-0.15, -0.1) is 0 Å². The lowest BCUT2D eigenvalue weighted by Crippen LogP contribution is -2.06. The molecule has 0 aliphatic heterocycles. The fourth-order valence-corrected chi connectivity index (χ4v) is 1.76. The zero-order valence-electron chi connectivity index (χ0n) is 7.90. The smallest absolute Gasteiger partial charge is 0.172 e. The molecule has 0 radical (unpaired) electrons. The summed E-state index contributed by atoms with van der Waals surface area (Å²) in [5, 5.41) is 12.5. The molecule has 0 heterocycles. The average molecular weight is 264 g/mol. The predicted molar refractivity (Wildman–Crippen MR) is 55.1 cm³/mol. The monoisotopic (exact) mass is 263 g/mol. The molecule has 0 aromatic heterocycles. The van der Waals surface area contributed by atoms with Gasteiger partial charge >= 0.3 is 0 Å². The lowest BCUT2D eigenvalue weighted by Gasteiger charge is -2.10. The first-order valence-corrected chi connectivity index (χ1v) is 4.79. The summed E-state index contributed by atoms with van der Waals surface area (Å²) >= 11 is 3.07. The molecule has 0 aliphatic carbocycles. The molecular formula is C9H11BrFNO2. The molecular weight excluding hydrogens is 253 g/mol. The summed E-state index contributed by atoms with van der Waals surface area (Å²) in [6.45, 7) is 0.394. The van der Waals surface area contributed by atoms with Crippen LogP contribution < -0.4 is 10.1 Å². The molecule has 14 heavy (non-hydrogen) atoms. The Morgan fingerprint density at radius 2 is 2.29 bits per heavy atom. The Labute approximate surface area is 90.0 Å². The van der Waals surface area contributed by atoms with E-state index < -0.39 is 5.82 Å². The molecule has 0 saturated carbocycles. The molecule has 0 saturated heterocycles. The Morgan fingerprint density at radius 3 is 2.79 bits per heavy atom. The van der Waals surface area contributed by atoms with Gasteiger partial charge in [-0.05, 0) is 29.0 Å². The summed E-state index contributed by atoms with van der Waals surface area (Å²) in [4.78, 5) is 0. The second kappa shape index (κ2) is 4.61. The number of ether oxygens (including phenoxy) is 1. The highest BCUT2D eigenvalue weighted by Gasteiger charge is 2.15. The van der Waals surface area contributed by atoms with Gasteiger partial charge in [0.25, 0.3) is 0 Å². The van der Waals surface area contributed by atoms with Crippen LogP contribution >= 0.6 is 15.9 Å².